The number of hydrogen-bond acceptors (Lipinski definition) is 2. The molecule has 1 aromatic heterocycles. The van der Waals surface area contributed by atoms with Crippen molar-refractivity contribution in [3.63, 3.8) is 0 Å². The summed E-state index contributed by atoms with van der Waals surface area (Å²) in [5.74, 6) is -2.07. The van der Waals surface area contributed by atoms with E-state index in [9.17, 15) is 13.6 Å². The van der Waals surface area contributed by atoms with Gasteiger partial charge in [-0.25, -0.2) is 8.78 Å². The Morgan fingerprint density at radius 3 is 2.84 bits per heavy atom. The summed E-state index contributed by atoms with van der Waals surface area (Å²) in [6, 6.07) is 6.41. The number of nitrogens with zero attached hydrogens (tertiary/aromatic N) is 1. The maximum Gasteiger partial charge on any atom is 0.254 e. The van der Waals surface area contributed by atoms with Crippen molar-refractivity contribution in [3.8, 4) is 0 Å². The van der Waals surface area contributed by atoms with Crippen LogP contribution in [0.2, 0.25) is 0 Å². The van der Waals surface area contributed by atoms with Gasteiger partial charge in [0.15, 0.2) is 0 Å². The van der Waals surface area contributed by atoms with Crippen LogP contribution in [0.4, 0.5) is 8.78 Å². The van der Waals surface area contributed by atoms with Crippen LogP contribution in [0, 0.1) is 18.6 Å². The molecule has 0 spiro atoms. The summed E-state index contributed by atoms with van der Waals surface area (Å²) in [7, 11) is 0. The summed E-state index contributed by atoms with van der Waals surface area (Å²) in [5, 5.41) is 2.52. The number of aryl methyl sites for hydroxylation is 1. The van der Waals surface area contributed by atoms with Gasteiger partial charge in [0.25, 0.3) is 5.91 Å². The first-order chi connectivity index (χ1) is 9.08. The van der Waals surface area contributed by atoms with Crippen molar-refractivity contribution < 1.29 is 13.6 Å². The molecule has 0 aliphatic heterocycles. The monoisotopic (exact) mass is 262 g/mol. The second-order valence-electron chi connectivity index (χ2n) is 4.07. The summed E-state index contributed by atoms with van der Waals surface area (Å²) >= 11 is 0. The van der Waals surface area contributed by atoms with Gasteiger partial charge in [-0.05, 0) is 36.8 Å². The first-order valence-electron chi connectivity index (χ1n) is 5.71. The second kappa shape index (κ2) is 5.56. The van der Waals surface area contributed by atoms with Gasteiger partial charge in [0, 0.05) is 6.20 Å². The van der Waals surface area contributed by atoms with Crippen LogP contribution in [0.1, 0.15) is 21.6 Å². The molecule has 2 aromatic rings. The van der Waals surface area contributed by atoms with E-state index in [-0.39, 0.29) is 12.1 Å². The highest BCUT2D eigenvalue weighted by atomic mass is 19.1. The van der Waals surface area contributed by atoms with Crippen LogP contribution in [-0.2, 0) is 6.54 Å². The number of pyridine rings is 1. The number of amides is 1. The van der Waals surface area contributed by atoms with Crippen molar-refractivity contribution in [2.45, 2.75) is 13.5 Å². The molecule has 0 radical (unpaired) electrons. The molecule has 0 unspecified atom stereocenters. The molecular formula is C14H12F2N2O. The molecule has 0 saturated carbocycles. The lowest BCUT2D eigenvalue weighted by Gasteiger charge is -2.07. The topological polar surface area (TPSA) is 42.0 Å². The zero-order valence-corrected chi connectivity index (χ0v) is 10.3. The third-order valence-corrected chi connectivity index (χ3v) is 2.71. The van der Waals surface area contributed by atoms with Gasteiger partial charge >= 0.3 is 0 Å². The fraction of sp³-hybridized carbons (Fsp3) is 0.143. The van der Waals surface area contributed by atoms with E-state index in [1.54, 1.807) is 12.3 Å². The minimum Gasteiger partial charge on any atom is -0.346 e. The van der Waals surface area contributed by atoms with Crippen LogP contribution in [0.25, 0.3) is 0 Å². The summed E-state index contributed by atoms with van der Waals surface area (Å²) < 4.78 is 26.4. The highest BCUT2D eigenvalue weighted by Crippen LogP contribution is 2.10. The smallest absolute Gasteiger partial charge is 0.254 e. The molecule has 1 heterocycles. The Kier molecular flexibility index (Phi) is 3.85. The van der Waals surface area contributed by atoms with Gasteiger partial charge in [-0.15, -0.1) is 0 Å². The lowest BCUT2D eigenvalue weighted by molar-refractivity contribution is 0.0946. The van der Waals surface area contributed by atoms with Crippen molar-refractivity contribution in [2.75, 3.05) is 0 Å². The van der Waals surface area contributed by atoms with Crippen LogP contribution in [-0.4, -0.2) is 10.9 Å². The van der Waals surface area contributed by atoms with Crippen molar-refractivity contribution in [3.05, 3.63) is 65.0 Å². The number of benzene rings is 1. The summed E-state index contributed by atoms with van der Waals surface area (Å²) in [4.78, 5) is 15.9. The first kappa shape index (κ1) is 13.1. The second-order valence-corrected chi connectivity index (χ2v) is 4.07. The molecule has 0 saturated heterocycles. The number of carbonyl (C=O) groups is 1. The molecule has 0 aliphatic carbocycles. The largest absolute Gasteiger partial charge is 0.346 e. The molecule has 0 bridgehead atoms. The number of aromatic nitrogens is 1. The van der Waals surface area contributed by atoms with Crippen molar-refractivity contribution in [1.29, 1.82) is 0 Å². The Balaban J connectivity index is 2.10. The van der Waals surface area contributed by atoms with E-state index in [0.717, 1.165) is 23.8 Å². The van der Waals surface area contributed by atoms with E-state index in [0.29, 0.717) is 5.69 Å². The zero-order valence-electron chi connectivity index (χ0n) is 10.3. The van der Waals surface area contributed by atoms with Gasteiger partial charge in [-0.3, -0.25) is 9.78 Å². The predicted molar refractivity (Wildman–Crippen MR) is 66.5 cm³/mol. The Morgan fingerprint density at radius 1 is 1.32 bits per heavy atom. The lowest BCUT2D eigenvalue weighted by Crippen LogP contribution is -2.24. The molecule has 1 amide bonds. The summed E-state index contributed by atoms with van der Waals surface area (Å²) in [6.45, 7) is 2.03. The molecule has 1 aromatic carbocycles. The predicted octanol–water partition coefficient (Wildman–Crippen LogP) is 2.60. The van der Waals surface area contributed by atoms with E-state index in [1.165, 1.54) is 0 Å². The van der Waals surface area contributed by atoms with E-state index >= 15 is 0 Å². The van der Waals surface area contributed by atoms with E-state index in [2.05, 4.69) is 10.3 Å². The third kappa shape index (κ3) is 3.13. The Hall–Kier alpha value is -2.30. The highest BCUT2D eigenvalue weighted by Gasteiger charge is 2.12. The Morgan fingerprint density at radius 2 is 2.11 bits per heavy atom. The average Bonchev–Trinajstić information content (AvgIpc) is 2.40. The molecule has 5 heteroatoms. The number of hydrogen-bond donors (Lipinski definition) is 1. The fourth-order valence-corrected chi connectivity index (χ4v) is 1.63. The third-order valence-electron chi connectivity index (χ3n) is 2.71. The van der Waals surface area contributed by atoms with Gasteiger partial charge in [0.05, 0.1) is 17.8 Å². The van der Waals surface area contributed by atoms with Crippen LogP contribution in [0.3, 0.4) is 0 Å². The molecular weight excluding hydrogens is 250 g/mol. The normalized spacial score (nSPS) is 10.3. The summed E-state index contributed by atoms with van der Waals surface area (Å²) in [5.41, 5.74) is 1.30. The van der Waals surface area contributed by atoms with Gasteiger partial charge < -0.3 is 5.32 Å². The van der Waals surface area contributed by atoms with Crippen molar-refractivity contribution >= 4 is 5.91 Å². The van der Waals surface area contributed by atoms with Gasteiger partial charge in [-0.1, -0.05) is 6.07 Å². The molecule has 2 rings (SSSR count). The van der Waals surface area contributed by atoms with Gasteiger partial charge in [-0.2, -0.15) is 0 Å². The maximum absolute atomic E-state index is 13.4. The van der Waals surface area contributed by atoms with E-state index in [4.69, 9.17) is 0 Å². The number of nitrogens with one attached hydrogen (secondary N) is 1. The minimum atomic E-state index is -0.753. The minimum absolute atomic E-state index is 0.168. The quantitative estimate of drug-likeness (QED) is 0.923. The highest BCUT2D eigenvalue weighted by molar-refractivity contribution is 5.94. The Labute approximate surface area is 109 Å². The zero-order chi connectivity index (χ0) is 13.8. The molecule has 0 fully saturated rings. The molecule has 1 N–H and O–H groups in total. The molecule has 3 nitrogen and oxygen atoms in total. The summed E-state index contributed by atoms with van der Waals surface area (Å²) in [6.07, 6.45) is 1.61. The van der Waals surface area contributed by atoms with Crippen LogP contribution < -0.4 is 5.32 Å². The SMILES string of the molecule is Cc1cccnc1CNC(=O)c1cc(F)ccc1F. The molecule has 0 atom stereocenters. The van der Waals surface area contributed by atoms with E-state index < -0.39 is 17.5 Å². The first-order valence-corrected chi connectivity index (χ1v) is 5.71. The van der Waals surface area contributed by atoms with Gasteiger partial charge in [0.2, 0.25) is 0 Å². The maximum atomic E-state index is 13.4. The Bertz CT molecular complexity index is 614. The standard InChI is InChI=1S/C14H12F2N2O/c1-9-3-2-6-17-13(9)8-18-14(19)11-7-10(15)4-5-12(11)16/h2-7H,8H2,1H3,(H,18,19). The number of carbonyl (C=O) groups excluding carboxylic acids is 1. The molecule has 98 valence electrons. The van der Waals surface area contributed by atoms with Gasteiger partial charge in [0.1, 0.15) is 11.6 Å². The van der Waals surface area contributed by atoms with Crippen molar-refractivity contribution in [1.82, 2.24) is 10.3 Å². The van der Waals surface area contributed by atoms with E-state index in [1.807, 2.05) is 13.0 Å². The fourth-order valence-electron chi connectivity index (χ4n) is 1.63. The lowest BCUT2D eigenvalue weighted by atomic mass is 10.2. The number of halogens is 2. The van der Waals surface area contributed by atoms with Crippen LogP contribution >= 0.6 is 0 Å². The van der Waals surface area contributed by atoms with Crippen LogP contribution in [0.5, 0.6) is 0 Å². The molecule has 19 heavy (non-hydrogen) atoms. The average molecular weight is 262 g/mol. The number of rotatable bonds is 3. The van der Waals surface area contributed by atoms with Crippen molar-refractivity contribution in [2.24, 2.45) is 0 Å². The molecule has 0 aliphatic rings. The van der Waals surface area contributed by atoms with Crippen LogP contribution in [0.15, 0.2) is 36.5 Å².